The number of rotatable bonds is 6. The fourth-order valence-electron chi connectivity index (χ4n) is 2.04. The normalized spacial score (nSPS) is 11.4. The molecule has 0 aliphatic heterocycles. The van der Waals surface area contributed by atoms with Gasteiger partial charge in [0.2, 0.25) is 5.13 Å². The van der Waals surface area contributed by atoms with E-state index in [-0.39, 0.29) is 11.8 Å². The lowest BCUT2D eigenvalue weighted by Gasteiger charge is -2.11. The fraction of sp³-hybridized carbons (Fsp3) is 0.111. The highest BCUT2D eigenvalue weighted by atomic mass is 32.2. The molecule has 3 aromatic rings. The zero-order chi connectivity index (χ0) is 19.1. The number of amides is 2. The van der Waals surface area contributed by atoms with Crippen molar-refractivity contribution in [3.05, 3.63) is 66.2 Å². The number of hydrogen-bond acceptors (Lipinski definition) is 7. The minimum Gasteiger partial charge on any atom is -0.330 e. The number of hydrogen-bond donors (Lipinski definition) is 3. The molecule has 9 heteroatoms. The lowest BCUT2D eigenvalue weighted by Crippen LogP contribution is -2.44. The van der Waals surface area contributed by atoms with E-state index in [1.54, 1.807) is 31.2 Å². The van der Waals surface area contributed by atoms with Gasteiger partial charge < -0.3 is 5.32 Å². The molecule has 0 aliphatic rings. The summed E-state index contributed by atoms with van der Waals surface area (Å²) in [7, 11) is 0. The predicted molar refractivity (Wildman–Crippen MR) is 107 cm³/mol. The van der Waals surface area contributed by atoms with Gasteiger partial charge >= 0.3 is 0 Å². The summed E-state index contributed by atoms with van der Waals surface area (Å²) in [6.07, 6.45) is 0. The summed E-state index contributed by atoms with van der Waals surface area (Å²) in [5.74, 6) is -0.691. The summed E-state index contributed by atoms with van der Waals surface area (Å²) in [5, 5.41) is 11.5. The molecule has 0 saturated heterocycles. The van der Waals surface area contributed by atoms with Crippen molar-refractivity contribution in [1.29, 1.82) is 0 Å². The fourth-order valence-corrected chi connectivity index (χ4v) is 3.96. The highest BCUT2D eigenvalue weighted by Gasteiger charge is 2.18. The topological polar surface area (TPSA) is 96.0 Å². The average molecular weight is 400 g/mol. The maximum Gasteiger partial charge on any atom is 0.269 e. The smallest absolute Gasteiger partial charge is 0.269 e. The second-order valence-corrected chi connectivity index (χ2v) is 8.00. The first kappa shape index (κ1) is 18.9. The molecule has 0 aliphatic carbocycles. The highest BCUT2D eigenvalue weighted by molar-refractivity contribution is 8.02. The van der Waals surface area contributed by atoms with Gasteiger partial charge in [0.05, 0.1) is 5.25 Å². The predicted octanol–water partition coefficient (Wildman–Crippen LogP) is 3.22. The van der Waals surface area contributed by atoms with Crippen molar-refractivity contribution < 1.29 is 9.59 Å². The largest absolute Gasteiger partial charge is 0.330 e. The van der Waals surface area contributed by atoms with E-state index in [0.717, 1.165) is 5.69 Å². The van der Waals surface area contributed by atoms with E-state index < -0.39 is 5.25 Å². The number of aromatic nitrogens is 2. The maximum atomic E-state index is 12.2. The van der Waals surface area contributed by atoms with Crippen molar-refractivity contribution in [1.82, 2.24) is 21.0 Å². The summed E-state index contributed by atoms with van der Waals surface area (Å²) >= 11 is 2.63. The number of para-hydroxylation sites is 1. The van der Waals surface area contributed by atoms with Crippen molar-refractivity contribution in [3.8, 4) is 0 Å². The van der Waals surface area contributed by atoms with Crippen LogP contribution in [0.1, 0.15) is 17.3 Å². The van der Waals surface area contributed by atoms with Gasteiger partial charge in [0, 0.05) is 11.3 Å². The van der Waals surface area contributed by atoms with Crippen molar-refractivity contribution >= 4 is 45.7 Å². The summed E-state index contributed by atoms with van der Waals surface area (Å²) in [6.45, 7) is 1.74. The number of nitrogens with zero attached hydrogens (tertiary/aromatic N) is 2. The number of nitrogens with one attached hydrogen (secondary N) is 3. The molecule has 27 heavy (non-hydrogen) atoms. The van der Waals surface area contributed by atoms with Crippen LogP contribution in [0.5, 0.6) is 0 Å². The molecule has 1 atom stereocenters. The Bertz CT molecular complexity index is 902. The Kier molecular flexibility index (Phi) is 6.39. The van der Waals surface area contributed by atoms with Gasteiger partial charge in [-0.05, 0) is 31.2 Å². The van der Waals surface area contributed by atoms with E-state index in [2.05, 4.69) is 26.4 Å². The van der Waals surface area contributed by atoms with Gasteiger partial charge in [-0.15, -0.1) is 10.2 Å². The minimum absolute atomic E-state index is 0.322. The van der Waals surface area contributed by atoms with Gasteiger partial charge in [0.25, 0.3) is 11.8 Å². The van der Waals surface area contributed by atoms with Crippen LogP contribution < -0.4 is 16.2 Å². The molecule has 0 spiro atoms. The Morgan fingerprint density at radius 3 is 2.33 bits per heavy atom. The van der Waals surface area contributed by atoms with E-state index in [1.807, 2.05) is 36.4 Å². The Morgan fingerprint density at radius 2 is 1.63 bits per heavy atom. The summed E-state index contributed by atoms with van der Waals surface area (Å²) in [4.78, 5) is 24.1. The van der Waals surface area contributed by atoms with Gasteiger partial charge in [-0.2, -0.15) is 0 Å². The number of carbonyl (C=O) groups is 2. The van der Waals surface area contributed by atoms with Gasteiger partial charge in [0.1, 0.15) is 0 Å². The molecule has 0 fully saturated rings. The Morgan fingerprint density at radius 1 is 0.963 bits per heavy atom. The zero-order valence-electron chi connectivity index (χ0n) is 14.4. The second kappa shape index (κ2) is 9.15. The van der Waals surface area contributed by atoms with Crippen LogP contribution in [0.4, 0.5) is 10.8 Å². The first-order valence-corrected chi connectivity index (χ1v) is 9.79. The van der Waals surface area contributed by atoms with Crippen molar-refractivity contribution in [2.24, 2.45) is 0 Å². The maximum absolute atomic E-state index is 12.2. The van der Waals surface area contributed by atoms with Crippen LogP contribution in [0.15, 0.2) is 65.0 Å². The molecule has 1 aromatic heterocycles. The first-order chi connectivity index (χ1) is 13.1. The molecule has 3 N–H and O–H groups in total. The van der Waals surface area contributed by atoms with Crippen molar-refractivity contribution in [3.63, 3.8) is 0 Å². The van der Waals surface area contributed by atoms with Crippen molar-refractivity contribution in [2.75, 3.05) is 5.32 Å². The molecule has 2 aromatic carbocycles. The molecule has 2 amide bonds. The van der Waals surface area contributed by atoms with Crippen LogP contribution >= 0.6 is 23.1 Å². The van der Waals surface area contributed by atoms with Crippen LogP contribution in [0.3, 0.4) is 0 Å². The number of benzene rings is 2. The highest BCUT2D eigenvalue weighted by Crippen LogP contribution is 2.30. The third-order valence-electron chi connectivity index (χ3n) is 3.41. The van der Waals surface area contributed by atoms with Crippen LogP contribution in [-0.4, -0.2) is 27.3 Å². The molecular formula is C18H17N5O2S2. The summed E-state index contributed by atoms with van der Waals surface area (Å²) < 4.78 is 0.658. The first-order valence-electron chi connectivity index (χ1n) is 8.09. The number of hydrazine groups is 1. The van der Waals surface area contributed by atoms with E-state index in [0.29, 0.717) is 15.0 Å². The lowest BCUT2D eigenvalue weighted by molar-refractivity contribution is -0.121. The number of thioether (sulfide) groups is 1. The lowest BCUT2D eigenvalue weighted by atomic mass is 10.2. The van der Waals surface area contributed by atoms with Crippen LogP contribution in [0, 0.1) is 0 Å². The molecule has 1 heterocycles. The number of anilines is 2. The van der Waals surface area contributed by atoms with Gasteiger partial charge in [0.15, 0.2) is 4.34 Å². The van der Waals surface area contributed by atoms with Gasteiger partial charge in [-0.25, -0.2) is 0 Å². The van der Waals surface area contributed by atoms with E-state index in [4.69, 9.17) is 0 Å². The molecule has 7 nitrogen and oxygen atoms in total. The van der Waals surface area contributed by atoms with Crippen LogP contribution in [0.25, 0.3) is 0 Å². The average Bonchev–Trinajstić information content (AvgIpc) is 3.14. The molecule has 3 rings (SSSR count). The minimum atomic E-state index is -0.446. The molecule has 0 saturated carbocycles. The quantitative estimate of drug-likeness (QED) is 0.435. The third-order valence-corrected chi connectivity index (χ3v) is 5.44. The summed E-state index contributed by atoms with van der Waals surface area (Å²) in [6, 6.07) is 18.3. The monoisotopic (exact) mass is 399 g/mol. The van der Waals surface area contributed by atoms with E-state index in [9.17, 15) is 9.59 Å². The Balaban J connectivity index is 1.49. The molecule has 0 unspecified atom stereocenters. The molecule has 0 bridgehead atoms. The van der Waals surface area contributed by atoms with Gasteiger partial charge in [-0.1, -0.05) is 59.5 Å². The SMILES string of the molecule is C[C@H](Sc1nnc(Nc2ccccc2)s1)C(=O)NNC(=O)c1ccccc1. The van der Waals surface area contributed by atoms with E-state index >= 15 is 0 Å². The van der Waals surface area contributed by atoms with Gasteiger partial charge in [-0.3, -0.25) is 20.4 Å². The summed E-state index contributed by atoms with van der Waals surface area (Å²) in [5.41, 5.74) is 6.22. The van der Waals surface area contributed by atoms with Crippen LogP contribution in [0.2, 0.25) is 0 Å². The molecule has 0 radical (unpaired) electrons. The van der Waals surface area contributed by atoms with E-state index in [1.165, 1.54) is 23.1 Å². The Hall–Kier alpha value is -2.91. The third kappa shape index (κ3) is 5.53. The molecule has 138 valence electrons. The standard InChI is InChI=1S/C18H17N5O2S2/c1-12(15(24)20-21-16(25)13-8-4-2-5-9-13)26-18-23-22-17(27-18)19-14-10-6-3-7-11-14/h2-12H,1H3,(H,19,22)(H,20,24)(H,21,25)/t12-/m0/s1. The zero-order valence-corrected chi connectivity index (χ0v) is 16.0. The number of carbonyl (C=O) groups excluding carboxylic acids is 2. The Labute approximate surface area is 164 Å². The molecular weight excluding hydrogens is 382 g/mol. The van der Waals surface area contributed by atoms with Crippen molar-refractivity contribution in [2.45, 2.75) is 16.5 Å². The van der Waals surface area contributed by atoms with Crippen LogP contribution in [-0.2, 0) is 4.79 Å². The second-order valence-electron chi connectivity index (χ2n) is 5.43.